The average molecular weight is 279 g/mol. The predicted octanol–water partition coefficient (Wildman–Crippen LogP) is 4.52. The molecule has 0 fully saturated rings. The fourth-order valence-electron chi connectivity index (χ4n) is 1.80. The first-order valence-electron chi connectivity index (χ1n) is 4.55. The highest BCUT2D eigenvalue weighted by molar-refractivity contribution is 9.10. The molecule has 1 nitrogen and oxygen atoms in total. The Morgan fingerprint density at radius 2 is 1.87 bits per heavy atom. The molecule has 0 radical (unpaired) electrons. The summed E-state index contributed by atoms with van der Waals surface area (Å²) in [4.78, 5) is 0. The Hall–Kier alpha value is -1.06. The lowest BCUT2D eigenvalue weighted by Crippen LogP contribution is -1.69. The molecule has 0 saturated carbocycles. The zero-order chi connectivity index (χ0) is 10.4. The van der Waals surface area contributed by atoms with Crippen molar-refractivity contribution in [1.82, 2.24) is 0 Å². The van der Waals surface area contributed by atoms with Crippen molar-refractivity contribution in [2.45, 2.75) is 0 Å². The van der Waals surface area contributed by atoms with E-state index < -0.39 is 0 Å². The van der Waals surface area contributed by atoms with Crippen molar-refractivity contribution in [2.75, 3.05) is 0 Å². The van der Waals surface area contributed by atoms with Crippen molar-refractivity contribution in [2.24, 2.45) is 0 Å². The van der Waals surface area contributed by atoms with Crippen molar-refractivity contribution in [3.63, 3.8) is 0 Å². The van der Waals surface area contributed by atoms with Crippen LogP contribution in [0.1, 0.15) is 0 Å². The molecule has 74 valence electrons. The van der Waals surface area contributed by atoms with Crippen LogP contribution in [0.15, 0.2) is 40.9 Å². The molecule has 0 aliphatic carbocycles. The second-order valence-electron chi connectivity index (χ2n) is 3.40. The highest BCUT2D eigenvalue weighted by Crippen LogP contribution is 2.40. The van der Waals surface area contributed by atoms with Crippen LogP contribution >= 0.6 is 27.3 Å². The molecular formula is C12H7BrOS. The van der Waals surface area contributed by atoms with E-state index in [1.807, 2.05) is 24.3 Å². The van der Waals surface area contributed by atoms with E-state index in [0.29, 0.717) is 5.75 Å². The van der Waals surface area contributed by atoms with E-state index >= 15 is 0 Å². The van der Waals surface area contributed by atoms with Gasteiger partial charge < -0.3 is 5.11 Å². The lowest BCUT2D eigenvalue weighted by molar-refractivity contribution is 0.482. The van der Waals surface area contributed by atoms with Gasteiger partial charge in [0.15, 0.2) is 0 Å². The number of rotatable bonds is 0. The summed E-state index contributed by atoms with van der Waals surface area (Å²) in [7, 11) is 0. The quantitative estimate of drug-likeness (QED) is 0.641. The standard InChI is InChI=1S/C12H7BrOS/c13-7-5-9(14)12-8-3-1-2-4-10(8)15-11(12)6-7/h1-6,14H. The molecule has 0 saturated heterocycles. The molecular weight excluding hydrogens is 272 g/mol. The number of fused-ring (bicyclic) bond motifs is 3. The van der Waals surface area contributed by atoms with Gasteiger partial charge in [0.1, 0.15) is 5.75 Å². The van der Waals surface area contributed by atoms with Crippen LogP contribution in [-0.4, -0.2) is 5.11 Å². The molecule has 0 spiro atoms. The number of phenolic OH excluding ortho intramolecular Hbond substituents is 1. The number of hydrogen-bond acceptors (Lipinski definition) is 2. The molecule has 0 atom stereocenters. The highest BCUT2D eigenvalue weighted by atomic mass is 79.9. The zero-order valence-electron chi connectivity index (χ0n) is 7.70. The van der Waals surface area contributed by atoms with Crippen molar-refractivity contribution < 1.29 is 5.11 Å². The number of halogens is 1. The van der Waals surface area contributed by atoms with Gasteiger partial charge in [0.25, 0.3) is 0 Å². The third-order valence-electron chi connectivity index (χ3n) is 2.42. The van der Waals surface area contributed by atoms with E-state index in [9.17, 15) is 5.11 Å². The Labute approximate surface area is 99.1 Å². The minimum Gasteiger partial charge on any atom is -0.507 e. The molecule has 3 rings (SSSR count). The molecule has 0 unspecified atom stereocenters. The summed E-state index contributed by atoms with van der Waals surface area (Å²) < 4.78 is 3.24. The summed E-state index contributed by atoms with van der Waals surface area (Å²) >= 11 is 5.09. The van der Waals surface area contributed by atoms with Gasteiger partial charge in [-0.15, -0.1) is 11.3 Å². The maximum atomic E-state index is 9.92. The highest BCUT2D eigenvalue weighted by Gasteiger charge is 2.09. The maximum Gasteiger partial charge on any atom is 0.126 e. The van der Waals surface area contributed by atoms with Gasteiger partial charge >= 0.3 is 0 Å². The zero-order valence-corrected chi connectivity index (χ0v) is 10.1. The Morgan fingerprint density at radius 3 is 2.73 bits per heavy atom. The Bertz CT molecular complexity index is 657. The molecule has 0 amide bonds. The smallest absolute Gasteiger partial charge is 0.126 e. The Kier molecular flexibility index (Phi) is 1.97. The second kappa shape index (κ2) is 3.22. The monoisotopic (exact) mass is 278 g/mol. The van der Waals surface area contributed by atoms with Gasteiger partial charge in [0.2, 0.25) is 0 Å². The van der Waals surface area contributed by atoms with E-state index in [0.717, 1.165) is 19.9 Å². The van der Waals surface area contributed by atoms with E-state index in [2.05, 4.69) is 22.0 Å². The number of aromatic hydroxyl groups is 1. The van der Waals surface area contributed by atoms with Gasteiger partial charge in [-0.25, -0.2) is 0 Å². The summed E-state index contributed by atoms with van der Waals surface area (Å²) in [5, 5.41) is 12.0. The van der Waals surface area contributed by atoms with Gasteiger partial charge in [-0.2, -0.15) is 0 Å². The number of benzene rings is 2. The summed E-state index contributed by atoms with van der Waals surface area (Å²) in [5.74, 6) is 0.344. The summed E-state index contributed by atoms with van der Waals surface area (Å²) in [6.45, 7) is 0. The number of thiophene rings is 1. The van der Waals surface area contributed by atoms with Crippen LogP contribution in [0.2, 0.25) is 0 Å². The van der Waals surface area contributed by atoms with E-state index in [1.165, 1.54) is 4.70 Å². The van der Waals surface area contributed by atoms with Gasteiger partial charge in [-0.1, -0.05) is 34.1 Å². The van der Waals surface area contributed by atoms with Crippen molar-refractivity contribution >= 4 is 47.4 Å². The molecule has 2 aromatic carbocycles. The molecule has 3 heteroatoms. The average Bonchev–Trinajstić information content (AvgIpc) is 2.54. The topological polar surface area (TPSA) is 20.2 Å². The summed E-state index contributed by atoms with van der Waals surface area (Å²) in [6, 6.07) is 11.9. The molecule has 1 N–H and O–H groups in total. The third kappa shape index (κ3) is 1.34. The predicted molar refractivity (Wildman–Crippen MR) is 68.7 cm³/mol. The normalized spacial score (nSPS) is 11.3. The maximum absolute atomic E-state index is 9.92. The first-order valence-corrected chi connectivity index (χ1v) is 6.16. The Balaban J connectivity index is 2.61. The molecule has 0 aliphatic rings. The van der Waals surface area contributed by atoms with Crippen molar-refractivity contribution in [3.05, 3.63) is 40.9 Å². The summed E-state index contributed by atoms with van der Waals surface area (Å²) in [5.41, 5.74) is 0. The first-order chi connectivity index (χ1) is 7.25. The minimum atomic E-state index is 0.344. The van der Waals surface area contributed by atoms with Crippen LogP contribution in [0.4, 0.5) is 0 Å². The summed E-state index contributed by atoms with van der Waals surface area (Å²) in [6.07, 6.45) is 0. The number of hydrogen-bond donors (Lipinski definition) is 1. The molecule has 1 heterocycles. The second-order valence-corrected chi connectivity index (χ2v) is 5.40. The van der Waals surface area contributed by atoms with Crippen LogP contribution in [0, 0.1) is 0 Å². The fourth-order valence-corrected chi connectivity index (χ4v) is 3.56. The van der Waals surface area contributed by atoms with Crippen LogP contribution in [0.5, 0.6) is 5.75 Å². The van der Waals surface area contributed by atoms with Gasteiger partial charge in [-0.05, 0) is 18.2 Å². The fraction of sp³-hybridized carbons (Fsp3) is 0. The molecule has 0 bridgehead atoms. The third-order valence-corrected chi connectivity index (χ3v) is 4.00. The molecule has 3 aromatic rings. The Morgan fingerprint density at radius 1 is 1.07 bits per heavy atom. The lowest BCUT2D eigenvalue weighted by Gasteiger charge is -1.97. The largest absolute Gasteiger partial charge is 0.507 e. The lowest BCUT2D eigenvalue weighted by atomic mass is 10.1. The van der Waals surface area contributed by atoms with E-state index in [4.69, 9.17) is 0 Å². The minimum absolute atomic E-state index is 0.344. The van der Waals surface area contributed by atoms with Crippen LogP contribution in [-0.2, 0) is 0 Å². The van der Waals surface area contributed by atoms with Crippen LogP contribution in [0.25, 0.3) is 20.2 Å². The van der Waals surface area contributed by atoms with Crippen LogP contribution in [0.3, 0.4) is 0 Å². The van der Waals surface area contributed by atoms with Gasteiger partial charge in [0.05, 0.1) is 0 Å². The van der Waals surface area contributed by atoms with Gasteiger partial charge in [0, 0.05) is 24.6 Å². The number of phenols is 1. The SMILES string of the molecule is Oc1cc(Br)cc2sc3ccccc3c12. The van der Waals surface area contributed by atoms with Gasteiger partial charge in [-0.3, -0.25) is 0 Å². The van der Waals surface area contributed by atoms with Crippen molar-refractivity contribution in [3.8, 4) is 5.75 Å². The van der Waals surface area contributed by atoms with Crippen molar-refractivity contribution in [1.29, 1.82) is 0 Å². The van der Waals surface area contributed by atoms with E-state index in [-0.39, 0.29) is 0 Å². The van der Waals surface area contributed by atoms with Crippen LogP contribution < -0.4 is 0 Å². The molecule has 1 aromatic heterocycles. The molecule has 0 aliphatic heterocycles. The molecule has 15 heavy (non-hydrogen) atoms. The van der Waals surface area contributed by atoms with E-state index in [1.54, 1.807) is 17.4 Å². The first kappa shape index (κ1) is 9.19.